The van der Waals surface area contributed by atoms with Crippen molar-refractivity contribution in [2.75, 3.05) is 11.9 Å². The van der Waals surface area contributed by atoms with Crippen LogP contribution < -0.4 is 11.1 Å². The van der Waals surface area contributed by atoms with Gasteiger partial charge in [0.2, 0.25) is 0 Å². The van der Waals surface area contributed by atoms with E-state index in [2.05, 4.69) is 29.6 Å². The molecular weight excluding hydrogens is 252 g/mol. The first kappa shape index (κ1) is 13.6. The van der Waals surface area contributed by atoms with E-state index in [-0.39, 0.29) is 0 Å². The molecule has 0 saturated heterocycles. The van der Waals surface area contributed by atoms with Gasteiger partial charge in [-0.3, -0.25) is 0 Å². The average Bonchev–Trinajstić information content (AvgIpc) is 2.45. The maximum atomic E-state index is 5.56. The van der Waals surface area contributed by atoms with Crippen LogP contribution in [-0.2, 0) is 6.42 Å². The van der Waals surface area contributed by atoms with Crippen LogP contribution >= 0.6 is 12.2 Å². The van der Waals surface area contributed by atoms with Crippen LogP contribution in [0, 0.1) is 0 Å². The second-order valence-electron chi connectivity index (χ2n) is 4.46. The summed E-state index contributed by atoms with van der Waals surface area (Å²) in [6, 6.07) is 18.4. The molecule has 0 saturated carbocycles. The minimum absolute atomic E-state index is 0.440. The Bertz CT molecular complexity index is 520. The molecule has 0 atom stereocenters. The van der Waals surface area contributed by atoms with Crippen LogP contribution in [0.3, 0.4) is 0 Å². The van der Waals surface area contributed by atoms with E-state index in [1.54, 1.807) is 0 Å². The highest BCUT2D eigenvalue weighted by molar-refractivity contribution is 7.80. The molecular formula is C16H18N2S. The van der Waals surface area contributed by atoms with Crippen LogP contribution in [0.15, 0.2) is 54.6 Å². The molecule has 98 valence electrons. The SMILES string of the molecule is NC(=S)c1ccc(NCCCc2ccccc2)cc1. The molecule has 0 aliphatic rings. The van der Waals surface area contributed by atoms with Crippen LogP contribution in [0.25, 0.3) is 0 Å². The third-order valence-corrected chi connectivity index (χ3v) is 3.22. The van der Waals surface area contributed by atoms with E-state index in [1.807, 2.05) is 30.3 Å². The van der Waals surface area contributed by atoms with Gasteiger partial charge in [0.25, 0.3) is 0 Å². The third kappa shape index (κ3) is 4.38. The first-order valence-corrected chi connectivity index (χ1v) is 6.84. The Morgan fingerprint density at radius 1 is 1.00 bits per heavy atom. The van der Waals surface area contributed by atoms with Crippen molar-refractivity contribution in [2.24, 2.45) is 5.73 Å². The van der Waals surface area contributed by atoms with Crippen molar-refractivity contribution in [1.82, 2.24) is 0 Å². The van der Waals surface area contributed by atoms with E-state index < -0.39 is 0 Å². The van der Waals surface area contributed by atoms with Gasteiger partial charge in [-0.2, -0.15) is 0 Å². The molecule has 0 fully saturated rings. The Kier molecular flexibility index (Phi) is 4.93. The summed E-state index contributed by atoms with van der Waals surface area (Å²) in [6.45, 7) is 0.960. The number of hydrogen-bond acceptors (Lipinski definition) is 2. The van der Waals surface area contributed by atoms with Gasteiger partial charge >= 0.3 is 0 Å². The number of thiocarbonyl (C=S) groups is 1. The molecule has 0 radical (unpaired) electrons. The highest BCUT2D eigenvalue weighted by Crippen LogP contribution is 2.10. The zero-order chi connectivity index (χ0) is 13.5. The van der Waals surface area contributed by atoms with E-state index in [1.165, 1.54) is 5.56 Å². The molecule has 3 N–H and O–H groups in total. The summed E-state index contributed by atoms with van der Waals surface area (Å²) in [5.74, 6) is 0. The molecule has 0 aliphatic carbocycles. The molecule has 3 heteroatoms. The largest absolute Gasteiger partial charge is 0.389 e. The summed E-state index contributed by atoms with van der Waals surface area (Å²) in [5.41, 5.74) is 8.96. The number of aryl methyl sites for hydroxylation is 1. The van der Waals surface area contributed by atoms with E-state index in [0.717, 1.165) is 30.6 Å². The van der Waals surface area contributed by atoms with E-state index >= 15 is 0 Å². The lowest BCUT2D eigenvalue weighted by Gasteiger charge is -2.07. The summed E-state index contributed by atoms with van der Waals surface area (Å²) in [6.07, 6.45) is 2.21. The van der Waals surface area contributed by atoms with Gasteiger partial charge in [-0.15, -0.1) is 0 Å². The fourth-order valence-corrected chi connectivity index (χ4v) is 2.06. The van der Waals surface area contributed by atoms with Gasteiger partial charge in [-0.1, -0.05) is 42.5 Å². The van der Waals surface area contributed by atoms with Crippen molar-refractivity contribution in [1.29, 1.82) is 0 Å². The molecule has 0 aromatic heterocycles. The lowest BCUT2D eigenvalue weighted by Crippen LogP contribution is -2.09. The maximum Gasteiger partial charge on any atom is 0.103 e. The Morgan fingerprint density at radius 2 is 1.68 bits per heavy atom. The highest BCUT2D eigenvalue weighted by atomic mass is 32.1. The first-order chi connectivity index (χ1) is 9.25. The normalized spacial score (nSPS) is 10.1. The minimum Gasteiger partial charge on any atom is -0.389 e. The molecule has 19 heavy (non-hydrogen) atoms. The molecule has 0 amide bonds. The van der Waals surface area contributed by atoms with Crippen LogP contribution in [0.5, 0.6) is 0 Å². The second kappa shape index (κ2) is 6.90. The predicted octanol–water partition coefficient (Wildman–Crippen LogP) is 3.37. The van der Waals surface area contributed by atoms with Crippen LogP contribution in [0.4, 0.5) is 5.69 Å². The molecule has 0 heterocycles. The van der Waals surface area contributed by atoms with Gasteiger partial charge < -0.3 is 11.1 Å². The number of hydrogen-bond donors (Lipinski definition) is 2. The highest BCUT2D eigenvalue weighted by Gasteiger charge is 1.97. The van der Waals surface area contributed by atoms with Crippen LogP contribution in [-0.4, -0.2) is 11.5 Å². The molecule has 0 spiro atoms. The Labute approximate surface area is 119 Å². The average molecular weight is 270 g/mol. The smallest absolute Gasteiger partial charge is 0.103 e. The number of rotatable bonds is 6. The van der Waals surface area contributed by atoms with Gasteiger partial charge in [0.15, 0.2) is 0 Å². The predicted molar refractivity (Wildman–Crippen MR) is 85.6 cm³/mol. The molecule has 2 rings (SSSR count). The zero-order valence-corrected chi connectivity index (χ0v) is 11.6. The van der Waals surface area contributed by atoms with E-state index in [4.69, 9.17) is 18.0 Å². The molecule has 0 unspecified atom stereocenters. The third-order valence-electron chi connectivity index (χ3n) is 2.98. The summed E-state index contributed by atoms with van der Waals surface area (Å²) in [7, 11) is 0. The first-order valence-electron chi connectivity index (χ1n) is 6.43. The summed E-state index contributed by atoms with van der Waals surface area (Å²) in [5, 5.41) is 3.40. The summed E-state index contributed by atoms with van der Waals surface area (Å²) in [4.78, 5) is 0.440. The summed E-state index contributed by atoms with van der Waals surface area (Å²) < 4.78 is 0. The Hall–Kier alpha value is -1.87. The molecule has 2 aromatic rings. The quantitative estimate of drug-likeness (QED) is 0.624. The van der Waals surface area contributed by atoms with Gasteiger partial charge in [0.1, 0.15) is 4.99 Å². The van der Waals surface area contributed by atoms with E-state index in [9.17, 15) is 0 Å². The zero-order valence-electron chi connectivity index (χ0n) is 10.8. The number of nitrogens with one attached hydrogen (secondary N) is 1. The fourth-order valence-electron chi connectivity index (χ4n) is 1.92. The maximum absolute atomic E-state index is 5.56. The fraction of sp³-hybridized carbons (Fsp3) is 0.188. The molecule has 0 aliphatic heterocycles. The molecule has 0 bridgehead atoms. The van der Waals surface area contributed by atoms with Crippen LogP contribution in [0.1, 0.15) is 17.5 Å². The topological polar surface area (TPSA) is 38.0 Å². The Morgan fingerprint density at radius 3 is 2.32 bits per heavy atom. The number of anilines is 1. The van der Waals surface area contributed by atoms with Gasteiger partial charge in [0.05, 0.1) is 0 Å². The standard InChI is InChI=1S/C16H18N2S/c17-16(19)14-8-10-15(11-9-14)18-12-4-7-13-5-2-1-3-6-13/h1-3,5-6,8-11,18H,4,7,12H2,(H2,17,19). The van der Waals surface area contributed by atoms with Gasteiger partial charge in [-0.05, 0) is 42.7 Å². The van der Waals surface area contributed by atoms with E-state index in [0.29, 0.717) is 4.99 Å². The van der Waals surface area contributed by atoms with Crippen molar-refractivity contribution in [3.05, 3.63) is 65.7 Å². The number of nitrogens with two attached hydrogens (primary N) is 1. The molecule has 2 aromatic carbocycles. The van der Waals surface area contributed by atoms with Gasteiger partial charge in [-0.25, -0.2) is 0 Å². The minimum atomic E-state index is 0.440. The second-order valence-corrected chi connectivity index (χ2v) is 4.90. The lowest BCUT2D eigenvalue weighted by atomic mass is 10.1. The summed E-state index contributed by atoms with van der Waals surface area (Å²) >= 11 is 4.92. The van der Waals surface area contributed by atoms with Gasteiger partial charge in [0, 0.05) is 17.8 Å². The van der Waals surface area contributed by atoms with Crippen LogP contribution in [0.2, 0.25) is 0 Å². The van der Waals surface area contributed by atoms with Crippen molar-refractivity contribution in [2.45, 2.75) is 12.8 Å². The Balaban J connectivity index is 1.75. The van der Waals surface area contributed by atoms with Crippen molar-refractivity contribution >= 4 is 22.9 Å². The monoisotopic (exact) mass is 270 g/mol. The van der Waals surface area contributed by atoms with Crippen molar-refractivity contribution < 1.29 is 0 Å². The number of benzene rings is 2. The van der Waals surface area contributed by atoms with Crippen molar-refractivity contribution in [3.63, 3.8) is 0 Å². The molecule has 2 nitrogen and oxygen atoms in total. The lowest BCUT2D eigenvalue weighted by molar-refractivity contribution is 0.863. The van der Waals surface area contributed by atoms with Crippen molar-refractivity contribution in [3.8, 4) is 0 Å².